The van der Waals surface area contributed by atoms with Crippen molar-refractivity contribution >= 4 is 11.6 Å². The van der Waals surface area contributed by atoms with Crippen LogP contribution in [0.4, 0.5) is 4.39 Å². The zero-order valence-corrected chi connectivity index (χ0v) is 12.1. The molecule has 1 heterocycles. The van der Waals surface area contributed by atoms with Gasteiger partial charge in [-0.15, -0.1) is 15.0 Å². The number of aromatic nitrogens is 4. The Balaban J connectivity index is 2.04. The van der Waals surface area contributed by atoms with Gasteiger partial charge in [-0.3, -0.25) is 0 Å². The smallest absolute Gasteiger partial charge is 0.203 e. The predicted molar refractivity (Wildman–Crippen MR) is 77.0 cm³/mol. The first kappa shape index (κ1) is 16.2. The normalized spacial score (nSPS) is 11.9. The van der Waals surface area contributed by atoms with Gasteiger partial charge in [-0.2, -0.15) is 0 Å². The zero-order chi connectivity index (χ0) is 15.8. The van der Waals surface area contributed by atoms with E-state index < -0.39 is 0 Å². The Morgan fingerprint density at radius 3 is 2.77 bits per heavy atom. The molecule has 22 heavy (non-hydrogen) atoms. The number of halogens is 1. The summed E-state index contributed by atoms with van der Waals surface area (Å²) in [5.74, 6) is -0.0258. The van der Waals surface area contributed by atoms with Crippen molar-refractivity contribution in [3.63, 3.8) is 0 Å². The highest BCUT2D eigenvalue weighted by molar-refractivity contribution is 5.78. The molecule has 0 aliphatic rings. The van der Waals surface area contributed by atoms with Crippen molar-refractivity contribution in [2.75, 3.05) is 26.9 Å². The second-order valence-corrected chi connectivity index (χ2v) is 4.39. The van der Waals surface area contributed by atoms with Gasteiger partial charge in [-0.25, -0.2) is 4.39 Å². The average Bonchev–Trinajstić information content (AvgIpc) is 3.00. The summed E-state index contributed by atoms with van der Waals surface area (Å²) in [5.41, 5.74) is 1.22. The summed E-state index contributed by atoms with van der Waals surface area (Å²) >= 11 is 0. The van der Waals surface area contributed by atoms with E-state index in [1.54, 1.807) is 25.3 Å². The standard InChI is InChI=1S/C14H17FN4O3/c1-21-6-7-22-10-19-17-14(16-18-19)12(9-20)8-11-2-4-13(15)5-3-11/h2-5,8,20H,6-7,9-10H2,1H3. The van der Waals surface area contributed by atoms with Crippen molar-refractivity contribution in [3.8, 4) is 0 Å². The van der Waals surface area contributed by atoms with Crippen molar-refractivity contribution in [2.24, 2.45) is 0 Å². The molecule has 1 aromatic carbocycles. The van der Waals surface area contributed by atoms with Gasteiger partial charge in [0.25, 0.3) is 0 Å². The third kappa shape index (κ3) is 4.69. The van der Waals surface area contributed by atoms with Crippen molar-refractivity contribution in [1.82, 2.24) is 20.2 Å². The Kier molecular flexibility index (Phi) is 6.13. The van der Waals surface area contributed by atoms with Crippen LogP contribution in [0.25, 0.3) is 11.6 Å². The van der Waals surface area contributed by atoms with E-state index >= 15 is 0 Å². The lowest BCUT2D eigenvalue weighted by Crippen LogP contribution is -2.10. The van der Waals surface area contributed by atoms with Crippen LogP contribution in [0.5, 0.6) is 0 Å². The van der Waals surface area contributed by atoms with Crippen molar-refractivity contribution < 1.29 is 19.0 Å². The average molecular weight is 308 g/mol. The number of benzene rings is 1. The van der Waals surface area contributed by atoms with Crippen molar-refractivity contribution in [3.05, 3.63) is 41.5 Å². The molecule has 0 saturated heterocycles. The Labute approximate surface area is 127 Å². The number of tetrazole rings is 1. The Hall–Kier alpha value is -2.16. The third-order valence-electron chi connectivity index (χ3n) is 2.76. The molecule has 0 spiro atoms. The molecule has 2 aromatic rings. The van der Waals surface area contributed by atoms with Crippen LogP contribution in [-0.4, -0.2) is 52.2 Å². The largest absolute Gasteiger partial charge is 0.392 e. The molecule has 1 aromatic heterocycles. The number of hydrogen-bond donors (Lipinski definition) is 1. The first-order valence-electron chi connectivity index (χ1n) is 6.65. The summed E-state index contributed by atoms with van der Waals surface area (Å²) in [4.78, 5) is 1.28. The van der Waals surface area contributed by atoms with Crippen LogP contribution in [0.3, 0.4) is 0 Å². The zero-order valence-electron chi connectivity index (χ0n) is 12.1. The number of aliphatic hydroxyl groups excluding tert-OH is 1. The molecule has 0 radical (unpaired) electrons. The van der Waals surface area contributed by atoms with Crippen LogP contribution < -0.4 is 0 Å². The maximum atomic E-state index is 12.9. The summed E-state index contributed by atoms with van der Waals surface area (Å²) in [6.07, 6.45) is 1.67. The highest BCUT2D eigenvalue weighted by atomic mass is 19.1. The lowest BCUT2D eigenvalue weighted by Gasteiger charge is -2.01. The monoisotopic (exact) mass is 308 g/mol. The van der Waals surface area contributed by atoms with Gasteiger partial charge in [0.15, 0.2) is 6.73 Å². The number of methoxy groups -OCH3 is 1. The van der Waals surface area contributed by atoms with Gasteiger partial charge >= 0.3 is 0 Å². The number of rotatable bonds is 8. The van der Waals surface area contributed by atoms with Gasteiger partial charge in [0.1, 0.15) is 5.82 Å². The minimum absolute atomic E-state index is 0.144. The number of hydrogen-bond acceptors (Lipinski definition) is 6. The van der Waals surface area contributed by atoms with E-state index in [2.05, 4.69) is 15.4 Å². The Morgan fingerprint density at radius 2 is 2.09 bits per heavy atom. The number of nitrogens with zero attached hydrogens (tertiary/aromatic N) is 4. The molecule has 1 N–H and O–H groups in total. The summed E-state index contributed by atoms with van der Waals surface area (Å²) < 4.78 is 23.0. The predicted octanol–water partition coefficient (Wildman–Crippen LogP) is 0.966. The highest BCUT2D eigenvalue weighted by Gasteiger charge is 2.08. The molecular weight excluding hydrogens is 291 g/mol. The second kappa shape index (κ2) is 8.32. The van der Waals surface area contributed by atoms with E-state index in [-0.39, 0.29) is 19.2 Å². The maximum Gasteiger partial charge on any atom is 0.203 e. The van der Waals surface area contributed by atoms with Crippen LogP contribution >= 0.6 is 0 Å². The number of aliphatic hydroxyl groups is 1. The maximum absolute atomic E-state index is 12.9. The SMILES string of the molecule is COCCOCn1nnc(C(=Cc2ccc(F)cc2)CO)n1. The van der Waals surface area contributed by atoms with Crippen LogP contribution in [0.15, 0.2) is 24.3 Å². The highest BCUT2D eigenvalue weighted by Crippen LogP contribution is 2.14. The van der Waals surface area contributed by atoms with Gasteiger partial charge in [-0.05, 0) is 29.0 Å². The van der Waals surface area contributed by atoms with Gasteiger partial charge in [-0.1, -0.05) is 12.1 Å². The Morgan fingerprint density at radius 1 is 1.32 bits per heavy atom. The van der Waals surface area contributed by atoms with Gasteiger partial charge in [0.05, 0.1) is 19.8 Å². The fraction of sp³-hybridized carbons (Fsp3) is 0.357. The van der Waals surface area contributed by atoms with E-state index in [9.17, 15) is 9.50 Å². The molecule has 118 valence electrons. The summed E-state index contributed by atoms with van der Waals surface area (Å²) in [6, 6.07) is 5.88. The fourth-order valence-corrected chi connectivity index (χ4v) is 1.66. The fourth-order valence-electron chi connectivity index (χ4n) is 1.66. The van der Waals surface area contributed by atoms with E-state index in [4.69, 9.17) is 9.47 Å². The molecule has 0 unspecified atom stereocenters. The van der Waals surface area contributed by atoms with E-state index in [1.807, 2.05) is 0 Å². The van der Waals surface area contributed by atoms with Gasteiger partial charge in [0, 0.05) is 12.7 Å². The quantitative estimate of drug-likeness (QED) is 0.732. The molecule has 0 bridgehead atoms. The van der Waals surface area contributed by atoms with E-state index in [1.165, 1.54) is 16.9 Å². The van der Waals surface area contributed by atoms with E-state index in [0.717, 1.165) is 5.56 Å². The lowest BCUT2D eigenvalue weighted by atomic mass is 10.1. The minimum Gasteiger partial charge on any atom is -0.392 e. The van der Waals surface area contributed by atoms with Gasteiger partial charge in [0.2, 0.25) is 5.82 Å². The summed E-state index contributed by atoms with van der Waals surface area (Å²) in [7, 11) is 1.59. The summed E-state index contributed by atoms with van der Waals surface area (Å²) in [6.45, 7) is 0.790. The molecule has 7 nitrogen and oxygen atoms in total. The summed E-state index contributed by atoms with van der Waals surface area (Å²) in [5, 5.41) is 21.3. The first-order chi connectivity index (χ1) is 10.7. The molecule has 8 heteroatoms. The van der Waals surface area contributed by atoms with E-state index in [0.29, 0.717) is 24.6 Å². The topological polar surface area (TPSA) is 82.3 Å². The Bertz CT molecular complexity index is 613. The van der Waals surface area contributed by atoms with Crippen LogP contribution in [0.2, 0.25) is 0 Å². The van der Waals surface area contributed by atoms with Crippen LogP contribution in [0, 0.1) is 5.82 Å². The molecule has 0 fully saturated rings. The molecular formula is C14H17FN4O3. The molecule has 0 saturated carbocycles. The molecule has 0 atom stereocenters. The minimum atomic E-state index is -0.319. The molecule has 0 aliphatic heterocycles. The molecule has 2 rings (SSSR count). The van der Waals surface area contributed by atoms with Crippen LogP contribution in [-0.2, 0) is 16.2 Å². The van der Waals surface area contributed by atoms with Crippen molar-refractivity contribution in [2.45, 2.75) is 6.73 Å². The van der Waals surface area contributed by atoms with Gasteiger partial charge < -0.3 is 14.6 Å². The van der Waals surface area contributed by atoms with Crippen LogP contribution in [0.1, 0.15) is 11.4 Å². The molecule has 0 aliphatic carbocycles. The van der Waals surface area contributed by atoms with Crippen molar-refractivity contribution in [1.29, 1.82) is 0 Å². The number of ether oxygens (including phenoxy) is 2. The molecule has 0 amide bonds. The lowest BCUT2D eigenvalue weighted by molar-refractivity contribution is 0.0217. The third-order valence-corrected chi connectivity index (χ3v) is 2.76. The first-order valence-corrected chi connectivity index (χ1v) is 6.65. The second-order valence-electron chi connectivity index (χ2n) is 4.39.